The Morgan fingerprint density at radius 3 is 2.35 bits per heavy atom. The molecule has 0 unspecified atom stereocenters. The van der Waals surface area contributed by atoms with Crippen molar-refractivity contribution in [2.75, 3.05) is 26.5 Å². The molecule has 31 heavy (non-hydrogen) atoms. The summed E-state index contributed by atoms with van der Waals surface area (Å²) in [6.07, 6.45) is 4.57. The van der Waals surface area contributed by atoms with Crippen LogP contribution >= 0.6 is 23.2 Å². The fourth-order valence-corrected chi connectivity index (χ4v) is 5.21. The first-order valence-corrected chi connectivity index (χ1v) is 12.1. The van der Waals surface area contributed by atoms with Crippen LogP contribution < -0.4 is 14.2 Å². The van der Waals surface area contributed by atoms with Crippen molar-refractivity contribution in [3.8, 4) is 17.2 Å². The number of carbonyl (C=O) groups is 1. The number of aromatic nitrogens is 1. The molecular formula is C20H20Cl2N2O6S. The second-order valence-electron chi connectivity index (χ2n) is 7.44. The molecular weight excluding hydrogens is 467 g/mol. The molecule has 1 fully saturated rings. The van der Waals surface area contributed by atoms with Crippen molar-refractivity contribution in [3.05, 3.63) is 45.7 Å². The second kappa shape index (κ2) is 8.12. The quantitative estimate of drug-likeness (QED) is 0.597. The van der Waals surface area contributed by atoms with E-state index in [1.807, 2.05) is 0 Å². The van der Waals surface area contributed by atoms with E-state index in [2.05, 4.69) is 4.98 Å². The molecule has 166 valence electrons. The van der Waals surface area contributed by atoms with E-state index in [0.29, 0.717) is 35.7 Å². The van der Waals surface area contributed by atoms with Crippen LogP contribution in [0.3, 0.4) is 0 Å². The van der Waals surface area contributed by atoms with Crippen LogP contribution in [0.2, 0.25) is 10.0 Å². The molecule has 3 heterocycles. The summed E-state index contributed by atoms with van der Waals surface area (Å²) in [7, 11) is -1.78. The van der Waals surface area contributed by atoms with E-state index in [0.717, 1.165) is 0 Å². The van der Waals surface area contributed by atoms with Crippen LogP contribution in [0.4, 0.5) is 0 Å². The maximum atomic E-state index is 12.9. The maximum absolute atomic E-state index is 12.9. The number of fused-ring (bicyclic) bond motifs is 1. The minimum atomic E-state index is -3.29. The average Bonchev–Trinajstić information content (AvgIpc) is 3.07. The molecule has 1 aromatic carbocycles. The highest BCUT2D eigenvalue weighted by molar-refractivity contribution is 7.88. The molecule has 0 saturated carbocycles. The zero-order valence-corrected chi connectivity index (χ0v) is 19.2. The Labute approximate surface area is 190 Å². The van der Waals surface area contributed by atoms with E-state index in [9.17, 15) is 13.2 Å². The molecule has 8 nitrogen and oxygen atoms in total. The van der Waals surface area contributed by atoms with Gasteiger partial charge < -0.3 is 14.2 Å². The van der Waals surface area contributed by atoms with E-state index >= 15 is 0 Å². The third-order valence-electron chi connectivity index (χ3n) is 5.39. The first-order chi connectivity index (χ1) is 14.6. The van der Waals surface area contributed by atoms with Gasteiger partial charge in [0.1, 0.15) is 0 Å². The number of nitrogens with zero attached hydrogens (tertiary/aromatic N) is 2. The van der Waals surface area contributed by atoms with Crippen LogP contribution in [0.15, 0.2) is 24.5 Å². The monoisotopic (exact) mass is 486 g/mol. The molecule has 2 aliphatic heterocycles. The third kappa shape index (κ3) is 4.19. The predicted molar refractivity (Wildman–Crippen MR) is 115 cm³/mol. The Balaban J connectivity index is 1.62. The number of Topliss-reactive ketones (excluding diaryl/α,β-unsaturated/α-hetero) is 1. The zero-order chi connectivity index (χ0) is 22.4. The van der Waals surface area contributed by atoms with Crippen LogP contribution in [0.1, 0.15) is 28.8 Å². The number of hydrogen-bond acceptors (Lipinski definition) is 7. The molecule has 2 aliphatic rings. The van der Waals surface area contributed by atoms with Gasteiger partial charge >= 0.3 is 0 Å². The number of carbonyl (C=O) groups excluding carboxylic acids is 1. The predicted octanol–water partition coefficient (Wildman–Crippen LogP) is 3.35. The van der Waals surface area contributed by atoms with E-state index in [1.165, 1.54) is 30.1 Å². The van der Waals surface area contributed by atoms with Crippen molar-refractivity contribution in [1.82, 2.24) is 9.29 Å². The van der Waals surface area contributed by atoms with Gasteiger partial charge in [-0.15, -0.1) is 0 Å². The van der Waals surface area contributed by atoms with Crippen molar-refractivity contribution in [2.45, 2.75) is 25.0 Å². The van der Waals surface area contributed by atoms with Crippen molar-refractivity contribution in [3.63, 3.8) is 0 Å². The maximum Gasteiger partial charge on any atom is 0.254 e. The molecule has 0 radical (unpaired) electrons. The summed E-state index contributed by atoms with van der Waals surface area (Å²) in [6.45, 7) is 0.539. The van der Waals surface area contributed by atoms with Gasteiger partial charge in [0.15, 0.2) is 17.3 Å². The van der Waals surface area contributed by atoms with Crippen molar-refractivity contribution in [1.29, 1.82) is 0 Å². The van der Waals surface area contributed by atoms with Gasteiger partial charge in [0.2, 0.25) is 15.8 Å². The summed E-state index contributed by atoms with van der Waals surface area (Å²) in [5.41, 5.74) is 0.783. The highest BCUT2D eigenvalue weighted by atomic mass is 35.5. The molecule has 0 aliphatic carbocycles. The standard InChI is InChI=1S/C20H20Cl2N2O6S/c1-28-16-4-3-12(9-15(25)17-13(21)10-23-11-14(17)22)18-19(16)30-20(29-18)5-7-24(8-6-20)31(2,26)27/h3-4,10-11H,5-9H2,1-2H3. The lowest BCUT2D eigenvalue weighted by Gasteiger charge is -2.36. The van der Waals surface area contributed by atoms with Gasteiger partial charge in [-0.05, 0) is 6.07 Å². The lowest BCUT2D eigenvalue weighted by atomic mass is 10.0. The van der Waals surface area contributed by atoms with Gasteiger partial charge in [0, 0.05) is 50.3 Å². The molecule has 1 spiro atoms. The second-order valence-corrected chi connectivity index (χ2v) is 10.2. The highest BCUT2D eigenvalue weighted by Crippen LogP contribution is 2.51. The van der Waals surface area contributed by atoms with Gasteiger partial charge in [0.25, 0.3) is 5.79 Å². The molecule has 2 aromatic rings. The number of pyridine rings is 1. The number of ketones is 1. The number of benzene rings is 1. The lowest BCUT2D eigenvalue weighted by Crippen LogP contribution is -2.51. The molecule has 1 saturated heterocycles. The fourth-order valence-electron chi connectivity index (χ4n) is 3.79. The van der Waals surface area contributed by atoms with Crippen molar-refractivity contribution in [2.24, 2.45) is 0 Å². The number of hydrogen-bond donors (Lipinski definition) is 0. The number of sulfonamides is 1. The first-order valence-electron chi connectivity index (χ1n) is 9.49. The summed E-state index contributed by atoms with van der Waals surface area (Å²) in [6, 6.07) is 3.43. The summed E-state index contributed by atoms with van der Waals surface area (Å²) >= 11 is 12.3. The molecule has 11 heteroatoms. The zero-order valence-electron chi connectivity index (χ0n) is 16.9. The van der Waals surface area contributed by atoms with Crippen molar-refractivity contribution >= 4 is 39.0 Å². The minimum absolute atomic E-state index is 0.0231. The number of rotatable bonds is 5. The smallest absolute Gasteiger partial charge is 0.254 e. The van der Waals surface area contributed by atoms with Crippen molar-refractivity contribution < 1.29 is 27.4 Å². The van der Waals surface area contributed by atoms with Gasteiger partial charge in [0.05, 0.1) is 29.0 Å². The Bertz CT molecular complexity index is 1130. The van der Waals surface area contributed by atoms with Gasteiger partial charge in [-0.3, -0.25) is 9.78 Å². The Hall–Kier alpha value is -2.07. The van der Waals surface area contributed by atoms with Gasteiger partial charge in [-0.2, -0.15) is 0 Å². The van der Waals surface area contributed by atoms with Crippen LogP contribution in [-0.2, 0) is 16.4 Å². The van der Waals surface area contributed by atoms with Crippen LogP contribution in [0, 0.1) is 0 Å². The minimum Gasteiger partial charge on any atom is -0.493 e. The summed E-state index contributed by atoms with van der Waals surface area (Å²) in [5, 5.41) is 0.342. The average molecular weight is 487 g/mol. The Kier molecular flexibility index (Phi) is 5.80. The molecule has 4 rings (SSSR count). The largest absolute Gasteiger partial charge is 0.493 e. The normalized spacial score (nSPS) is 17.7. The molecule has 0 amide bonds. The molecule has 0 bridgehead atoms. The highest BCUT2D eigenvalue weighted by Gasteiger charge is 2.47. The van der Waals surface area contributed by atoms with E-state index < -0.39 is 15.8 Å². The van der Waals surface area contributed by atoms with E-state index in [4.69, 9.17) is 37.4 Å². The third-order valence-corrected chi connectivity index (χ3v) is 7.27. The number of ether oxygens (including phenoxy) is 3. The lowest BCUT2D eigenvalue weighted by molar-refractivity contribution is -0.110. The summed E-state index contributed by atoms with van der Waals surface area (Å²) in [4.78, 5) is 16.8. The summed E-state index contributed by atoms with van der Waals surface area (Å²) in [5.74, 6) is -0.0359. The first kappa shape index (κ1) is 22.1. The summed E-state index contributed by atoms with van der Waals surface area (Å²) < 4.78 is 42.8. The fraction of sp³-hybridized carbons (Fsp3) is 0.400. The van der Waals surface area contributed by atoms with Gasteiger partial charge in [-0.25, -0.2) is 12.7 Å². The SMILES string of the molecule is COc1ccc(CC(=O)c2c(Cl)cncc2Cl)c2c1OC1(CCN(S(C)(=O)=O)CC1)O2. The molecule has 1 aromatic heterocycles. The van der Waals surface area contributed by atoms with Gasteiger partial charge in [-0.1, -0.05) is 29.3 Å². The Morgan fingerprint density at radius 2 is 1.77 bits per heavy atom. The number of methoxy groups -OCH3 is 1. The number of piperidine rings is 1. The Morgan fingerprint density at radius 1 is 1.16 bits per heavy atom. The topological polar surface area (TPSA) is 95.0 Å². The van der Waals surface area contributed by atoms with Crippen LogP contribution in [0.25, 0.3) is 0 Å². The molecule has 0 atom stereocenters. The number of halogens is 2. The van der Waals surface area contributed by atoms with E-state index in [-0.39, 0.29) is 40.9 Å². The van der Waals surface area contributed by atoms with E-state index in [1.54, 1.807) is 12.1 Å². The van der Waals surface area contributed by atoms with Crippen LogP contribution in [0.5, 0.6) is 17.2 Å². The van der Waals surface area contributed by atoms with Crippen LogP contribution in [-0.4, -0.2) is 55.7 Å². The molecule has 0 N–H and O–H groups in total.